The van der Waals surface area contributed by atoms with E-state index in [-0.39, 0.29) is 16.6 Å². The van der Waals surface area contributed by atoms with Crippen LogP contribution in [0, 0.1) is 5.41 Å². The third kappa shape index (κ3) is 4.13. The van der Waals surface area contributed by atoms with Crippen LogP contribution in [-0.4, -0.2) is 30.9 Å². The molecule has 1 N–H and O–H groups in total. The van der Waals surface area contributed by atoms with Crippen LogP contribution in [0.25, 0.3) is 0 Å². The van der Waals surface area contributed by atoms with Gasteiger partial charge in [0.15, 0.2) is 0 Å². The van der Waals surface area contributed by atoms with Gasteiger partial charge in [-0.2, -0.15) is 0 Å². The quantitative estimate of drug-likeness (QED) is 0.850. The van der Waals surface area contributed by atoms with Gasteiger partial charge in [-0.25, -0.2) is 0 Å². The van der Waals surface area contributed by atoms with E-state index in [1.165, 1.54) is 11.8 Å². The summed E-state index contributed by atoms with van der Waals surface area (Å²) in [6.45, 7) is 6.16. The lowest BCUT2D eigenvalue weighted by molar-refractivity contribution is -0.126. The molecule has 1 aromatic rings. The van der Waals surface area contributed by atoms with Crippen molar-refractivity contribution in [1.29, 1.82) is 0 Å². The number of nitrogens with one attached hydrogen (secondary N) is 1. The second-order valence-electron chi connectivity index (χ2n) is 5.24. The predicted molar refractivity (Wildman–Crippen MR) is 78.7 cm³/mol. The third-order valence-corrected chi connectivity index (χ3v) is 4.45. The summed E-state index contributed by atoms with van der Waals surface area (Å²) in [6.07, 6.45) is 0. The van der Waals surface area contributed by atoms with E-state index in [9.17, 15) is 4.79 Å². The van der Waals surface area contributed by atoms with Gasteiger partial charge in [0.25, 0.3) is 0 Å². The fraction of sp³-hybridized carbons (Fsp3) is 0.500. The van der Waals surface area contributed by atoms with E-state index in [1.54, 1.807) is 0 Å². The maximum Gasteiger partial charge on any atom is 0.233 e. The zero-order valence-corrected chi connectivity index (χ0v) is 12.7. The Bertz CT molecular complexity index is 445. The molecule has 1 fully saturated rings. The highest BCUT2D eigenvalue weighted by Gasteiger charge is 2.33. The first-order chi connectivity index (χ1) is 8.98. The molecule has 1 aliphatic rings. The molecule has 1 unspecified atom stereocenters. The van der Waals surface area contributed by atoms with E-state index >= 15 is 0 Å². The fourth-order valence-electron chi connectivity index (χ4n) is 1.77. The first-order valence-corrected chi connectivity index (χ1v) is 7.52. The molecule has 1 aliphatic heterocycles. The van der Waals surface area contributed by atoms with Crippen LogP contribution in [0.4, 0.5) is 0 Å². The van der Waals surface area contributed by atoms with E-state index in [0.717, 1.165) is 18.1 Å². The SMILES string of the molecule is CC(Sc1ccc(Cl)cc1)C(=O)NCC1(C)COC1. The topological polar surface area (TPSA) is 38.3 Å². The molecule has 1 heterocycles. The van der Waals surface area contributed by atoms with Gasteiger partial charge >= 0.3 is 0 Å². The number of hydrogen-bond donors (Lipinski definition) is 1. The zero-order chi connectivity index (χ0) is 13.9. The molecule has 0 radical (unpaired) electrons. The Labute approximate surface area is 123 Å². The van der Waals surface area contributed by atoms with Gasteiger partial charge in [0.05, 0.1) is 18.5 Å². The number of thioether (sulfide) groups is 1. The summed E-state index contributed by atoms with van der Waals surface area (Å²) >= 11 is 7.37. The maximum atomic E-state index is 12.0. The Kier molecular flexibility index (Phi) is 4.76. The van der Waals surface area contributed by atoms with Gasteiger partial charge in [0.1, 0.15) is 0 Å². The van der Waals surface area contributed by atoms with E-state index in [2.05, 4.69) is 12.2 Å². The highest BCUT2D eigenvalue weighted by molar-refractivity contribution is 8.00. The predicted octanol–water partition coefficient (Wildman–Crippen LogP) is 2.97. The largest absolute Gasteiger partial charge is 0.380 e. The molecule has 0 bridgehead atoms. The summed E-state index contributed by atoms with van der Waals surface area (Å²) < 4.78 is 5.17. The summed E-state index contributed by atoms with van der Waals surface area (Å²) in [5.74, 6) is 0.0630. The minimum Gasteiger partial charge on any atom is -0.380 e. The molecule has 3 nitrogen and oxygen atoms in total. The molecule has 19 heavy (non-hydrogen) atoms. The van der Waals surface area contributed by atoms with E-state index in [0.29, 0.717) is 11.6 Å². The number of ether oxygens (including phenoxy) is 1. The Morgan fingerprint density at radius 1 is 1.47 bits per heavy atom. The monoisotopic (exact) mass is 299 g/mol. The Balaban J connectivity index is 1.80. The lowest BCUT2D eigenvalue weighted by atomic mass is 9.89. The number of hydrogen-bond acceptors (Lipinski definition) is 3. The van der Waals surface area contributed by atoms with Crippen LogP contribution < -0.4 is 5.32 Å². The lowest BCUT2D eigenvalue weighted by Gasteiger charge is -2.38. The van der Waals surface area contributed by atoms with Gasteiger partial charge in [0, 0.05) is 21.9 Å². The molecule has 0 spiro atoms. The minimum absolute atomic E-state index is 0.0630. The van der Waals surface area contributed by atoms with E-state index < -0.39 is 0 Å². The number of amides is 1. The molecule has 1 atom stereocenters. The molecule has 5 heteroatoms. The van der Waals surface area contributed by atoms with Gasteiger partial charge < -0.3 is 10.1 Å². The molecule has 0 aliphatic carbocycles. The number of carbonyl (C=O) groups excluding carboxylic acids is 1. The fourth-order valence-corrected chi connectivity index (χ4v) is 2.79. The van der Waals surface area contributed by atoms with Gasteiger partial charge in [-0.05, 0) is 31.2 Å². The number of benzene rings is 1. The van der Waals surface area contributed by atoms with E-state index in [4.69, 9.17) is 16.3 Å². The van der Waals surface area contributed by atoms with E-state index in [1.807, 2.05) is 31.2 Å². The molecule has 0 aromatic heterocycles. The summed E-state index contributed by atoms with van der Waals surface area (Å²) in [7, 11) is 0. The molecule has 0 saturated carbocycles. The van der Waals surface area contributed by atoms with Crippen LogP contribution >= 0.6 is 23.4 Å². The molecule has 2 rings (SSSR count). The highest BCUT2D eigenvalue weighted by Crippen LogP contribution is 2.27. The highest BCUT2D eigenvalue weighted by atomic mass is 35.5. The van der Waals surface area contributed by atoms with Crippen molar-refractivity contribution in [1.82, 2.24) is 5.32 Å². The molecule has 104 valence electrons. The van der Waals surface area contributed by atoms with Crippen LogP contribution in [0.3, 0.4) is 0 Å². The second-order valence-corrected chi connectivity index (χ2v) is 7.09. The third-order valence-electron chi connectivity index (χ3n) is 3.09. The van der Waals surface area contributed by atoms with Crippen molar-refractivity contribution in [2.45, 2.75) is 24.0 Å². The number of rotatable bonds is 5. The van der Waals surface area contributed by atoms with Crippen molar-refractivity contribution < 1.29 is 9.53 Å². The maximum absolute atomic E-state index is 12.0. The Morgan fingerprint density at radius 2 is 2.11 bits per heavy atom. The zero-order valence-electron chi connectivity index (χ0n) is 11.1. The van der Waals surface area contributed by atoms with Gasteiger partial charge in [-0.1, -0.05) is 18.5 Å². The summed E-state index contributed by atoms with van der Waals surface area (Å²) in [6, 6.07) is 7.53. The summed E-state index contributed by atoms with van der Waals surface area (Å²) in [4.78, 5) is 13.0. The summed E-state index contributed by atoms with van der Waals surface area (Å²) in [5, 5.41) is 3.58. The van der Waals surface area contributed by atoms with Gasteiger partial charge in [-0.15, -0.1) is 11.8 Å². The van der Waals surface area contributed by atoms with Crippen molar-refractivity contribution in [3.05, 3.63) is 29.3 Å². The first-order valence-electron chi connectivity index (χ1n) is 6.26. The standard InChI is InChI=1S/C14H18ClNO2S/c1-10(19-12-5-3-11(15)4-6-12)13(17)16-7-14(2)8-18-9-14/h3-6,10H,7-9H2,1-2H3,(H,16,17). The van der Waals surface area contributed by atoms with Crippen LogP contribution in [0.1, 0.15) is 13.8 Å². The normalized spacial score (nSPS) is 18.5. The van der Waals surface area contributed by atoms with Gasteiger partial charge in [-0.3, -0.25) is 4.79 Å². The average molecular weight is 300 g/mol. The van der Waals surface area contributed by atoms with Crippen LogP contribution in [0.15, 0.2) is 29.2 Å². The lowest BCUT2D eigenvalue weighted by Crippen LogP contribution is -2.49. The first kappa shape index (κ1) is 14.7. The van der Waals surface area contributed by atoms with Gasteiger partial charge in [0.2, 0.25) is 5.91 Å². The summed E-state index contributed by atoms with van der Waals surface area (Å²) in [5.41, 5.74) is 0.111. The van der Waals surface area contributed by atoms with Crippen LogP contribution in [0.2, 0.25) is 5.02 Å². The average Bonchev–Trinajstić information content (AvgIpc) is 2.36. The van der Waals surface area contributed by atoms with Crippen molar-refractivity contribution in [3.63, 3.8) is 0 Å². The number of halogens is 1. The van der Waals surface area contributed by atoms with Crippen LogP contribution in [-0.2, 0) is 9.53 Å². The Morgan fingerprint density at radius 3 is 2.63 bits per heavy atom. The van der Waals surface area contributed by atoms with Crippen LogP contribution in [0.5, 0.6) is 0 Å². The molecular formula is C14H18ClNO2S. The minimum atomic E-state index is -0.120. The molecule has 1 amide bonds. The molecule has 1 aromatic carbocycles. The second kappa shape index (κ2) is 6.16. The number of carbonyl (C=O) groups is 1. The van der Waals surface area contributed by atoms with Crippen molar-refractivity contribution in [2.24, 2.45) is 5.41 Å². The van der Waals surface area contributed by atoms with Crippen molar-refractivity contribution in [2.75, 3.05) is 19.8 Å². The molecular weight excluding hydrogens is 282 g/mol. The van der Waals surface area contributed by atoms with Crippen molar-refractivity contribution >= 4 is 29.3 Å². The smallest absolute Gasteiger partial charge is 0.233 e. The Hall–Kier alpha value is -0.710. The molecule has 1 saturated heterocycles. The van der Waals surface area contributed by atoms with Crippen molar-refractivity contribution in [3.8, 4) is 0 Å².